The van der Waals surface area contributed by atoms with Gasteiger partial charge < -0.3 is 15.1 Å². The van der Waals surface area contributed by atoms with Gasteiger partial charge in [-0.15, -0.1) is 0 Å². The number of carbonyl (C=O) groups excluding carboxylic acids is 2. The second-order valence-corrected chi connectivity index (χ2v) is 8.69. The van der Waals surface area contributed by atoms with Gasteiger partial charge in [-0.3, -0.25) is 9.69 Å². The maximum Gasteiger partial charge on any atom is 0.321 e. The van der Waals surface area contributed by atoms with Gasteiger partial charge in [-0.05, 0) is 50.2 Å². The molecular weight excluding hydrogens is 364 g/mol. The highest BCUT2D eigenvalue weighted by Gasteiger charge is 2.39. The molecule has 0 spiro atoms. The monoisotopic (exact) mass is 398 g/mol. The van der Waals surface area contributed by atoms with Gasteiger partial charge in [0, 0.05) is 45.0 Å². The summed E-state index contributed by atoms with van der Waals surface area (Å²) in [6, 6.07) is 9.56. The Bertz CT molecular complexity index is 675. The number of carbonyl (C=O) groups is 2. The summed E-state index contributed by atoms with van der Waals surface area (Å²) in [5.74, 6) is 0.827. The van der Waals surface area contributed by atoms with Gasteiger partial charge >= 0.3 is 6.03 Å². The number of urea groups is 1. The van der Waals surface area contributed by atoms with Crippen LogP contribution in [0.1, 0.15) is 44.9 Å². The van der Waals surface area contributed by atoms with Gasteiger partial charge in [-0.1, -0.05) is 31.0 Å². The molecular formula is C23H34N4O2. The lowest BCUT2D eigenvalue weighted by molar-refractivity contribution is -0.140. The van der Waals surface area contributed by atoms with Crippen LogP contribution in [0.3, 0.4) is 0 Å². The maximum absolute atomic E-state index is 13.4. The lowest BCUT2D eigenvalue weighted by Crippen LogP contribution is -2.59. The molecule has 1 N–H and O–H groups in total. The van der Waals surface area contributed by atoms with E-state index in [9.17, 15) is 9.59 Å². The van der Waals surface area contributed by atoms with Gasteiger partial charge in [0.2, 0.25) is 5.91 Å². The normalized spacial score (nSPS) is 22.5. The minimum absolute atomic E-state index is 0.00920. The summed E-state index contributed by atoms with van der Waals surface area (Å²) < 4.78 is 0. The van der Waals surface area contributed by atoms with Gasteiger partial charge in [-0.2, -0.15) is 0 Å². The SMILES string of the molecule is O=C(Nc1ccccc1)N1CCN([C@@H](C(=O)N2CCCCC2)C2CCCC2)CC1. The number of hydrogen-bond donors (Lipinski definition) is 1. The molecule has 0 aromatic heterocycles. The first-order valence-corrected chi connectivity index (χ1v) is 11.4. The van der Waals surface area contributed by atoms with Crippen LogP contribution < -0.4 is 5.32 Å². The molecule has 3 amide bonds. The lowest BCUT2D eigenvalue weighted by atomic mass is 9.93. The molecule has 2 saturated heterocycles. The number of benzene rings is 1. The zero-order valence-electron chi connectivity index (χ0n) is 17.4. The molecule has 2 aliphatic heterocycles. The summed E-state index contributed by atoms with van der Waals surface area (Å²) in [5.41, 5.74) is 0.823. The van der Waals surface area contributed by atoms with Crippen molar-refractivity contribution in [2.45, 2.75) is 51.0 Å². The number of piperazine rings is 1. The predicted molar refractivity (Wildman–Crippen MR) is 115 cm³/mol. The van der Waals surface area contributed by atoms with Crippen LogP contribution in [-0.2, 0) is 4.79 Å². The van der Waals surface area contributed by atoms with E-state index in [1.54, 1.807) is 0 Å². The molecule has 1 saturated carbocycles. The first-order valence-electron chi connectivity index (χ1n) is 11.4. The van der Waals surface area contributed by atoms with Gasteiger partial charge in [0.1, 0.15) is 0 Å². The molecule has 1 aliphatic carbocycles. The summed E-state index contributed by atoms with van der Waals surface area (Å²) in [7, 11) is 0. The Morgan fingerprint density at radius 3 is 2.10 bits per heavy atom. The van der Waals surface area contributed by atoms with Crippen molar-refractivity contribution in [1.29, 1.82) is 0 Å². The molecule has 29 heavy (non-hydrogen) atoms. The average Bonchev–Trinajstić information content (AvgIpc) is 3.30. The molecule has 158 valence electrons. The van der Waals surface area contributed by atoms with Crippen LogP contribution in [0.5, 0.6) is 0 Å². The summed E-state index contributed by atoms with van der Waals surface area (Å²) in [4.78, 5) is 32.4. The van der Waals surface area contributed by atoms with E-state index in [4.69, 9.17) is 0 Å². The zero-order chi connectivity index (χ0) is 20.1. The molecule has 3 aliphatic rings. The van der Waals surface area contributed by atoms with E-state index < -0.39 is 0 Å². The molecule has 6 heteroatoms. The number of para-hydroxylation sites is 1. The summed E-state index contributed by atoms with van der Waals surface area (Å²) in [6.45, 7) is 4.75. The van der Waals surface area contributed by atoms with E-state index in [2.05, 4.69) is 15.1 Å². The largest absolute Gasteiger partial charge is 0.341 e. The Morgan fingerprint density at radius 1 is 0.793 bits per heavy atom. The maximum atomic E-state index is 13.4. The van der Waals surface area contributed by atoms with Crippen molar-refractivity contribution >= 4 is 17.6 Å². The number of likely N-dealkylation sites (tertiary alicyclic amines) is 1. The first kappa shape index (κ1) is 20.2. The second-order valence-electron chi connectivity index (χ2n) is 8.69. The molecule has 1 aromatic carbocycles. The molecule has 3 fully saturated rings. The Kier molecular flexibility index (Phi) is 6.70. The highest BCUT2D eigenvalue weighted by Crippen LogP contribution is 2.32. The van der Waals surface area contributed by atoms with E-state index in [0.717, 1.165) is 44.7 Å². The van der Waals surface area contributed by atoms with E-state index in [-0.39, 0.29) is 12.1 Å². The minimum atomic E-state index is -0.0457. The first-order chi connectivity index (χ1) is 14.2. The topological polar surface area (TPSA) is 55.9 Å². The smallest absolute Gasteiger partial charge is 0.321 e. The van der Waals surface area contributed by atoms with Crippen molar-refractivity contribution in [2.75, 3.05) is 44.6 Å². The van der Waals surface area contributed by atoms with Crippen LogP contribution in [-0.4, -0.2) is 71.9 Å². The number of nitrogens with one attached hydrogen (secondary N) is 1. The Hall–Kier alpha value is -2.08. The third-order valence-corrected chi connectivity index (χ3v) is 6.79. The van der Waals surface area contributed by atoms with Gasteiger partial charge in [-0.25, -0.2) is 4.79 Å². The Balaban J connectivity index is 1.37. The van der Waals surface area contributed by atoms with Crippen LogP contribution in [0.2, 0.25) is 0 Å². The fraction of sp³-hybridized carbons (Fsp3) is 0.652. The van der Waals surface area contributed by atoms with Gasteiger partial charge in [0.15, 0.2) is 0 Å². The Morgan fingerprint density at radius 2 is 1.45 bits per heavy atom. The van der Waals surface area contributed by atoms with Crippen molar-refractivity contribution in [2.24, 2.45) is 5.92 Å². The minimum Gasteiger partial charge on any atom is -0.341 e. The zero-order valence-corrected chi connectivity index (χ0v) is 17.4. The highest BCUT2D eigenvalue weighted by atomic mass is 16.2. The fourth-order valence-electron chi connectivity index (χ4n) is 5.16. The molecule has 0 bridgehead atoms. The number of amides is 3. The van der Waals surface area contributed by atoms with E-state index >= 15 is 0 Å². The van der Waals surface area contributed by atoms with Crippen LogP contribution in [0.25, 0.3) is 0 Å². The third kappa shape index (κ3) is 4.92. The number of rotatable bonds is 4. The molecule has 6 nitrogen and oxygen atoms in total. The van der Waals surface area contributed by atoms with Crippen molar-refractivity contribution in [3.05, 3.63) is 30.3 Å². The number of piperidine rings is 1. The molecule has 1 aromatic rings. The molecule has 2 heterocycles. The second kappa shape index (κ2) is 9.61. The van der Waals surface area contributed by atoms with Crippen LogP contribution >= 0.6 is 0 Å². The van der Waals surface area contributed by atoms with Crippen LogP contribution in [0.15, 0.2) is 30.3 Å². The van der Waals surface area contributed by atoms with Crippen LogP contribution in [0.4, 0.5) is 10.5 Å². The summed E-state index contributed by atoms with van der Waals surface area (Å²) in [5, 5.41) is 2.98. The standard InChI is InChI=1S/C23H34N4O2/c28-22(26-13-7-2-8-14-26)21(19-9-5-6-10-19)25-15-17-27(18-16-25)23(29)24-20-11-3-1-4-12-20/h1,3-4,11-12,19,21H,2,5-10,13-18H2,(H,24,29)/t21-/m1/s1. The molecule has 4 rings (SSSR count). The van der Waals surface area contributed by atoms with Crippen molar-refractivity contribution < 1.29 is 9.59 Å². The summed E-state index contributed by atoms with van der Waals surface area (Å²) in [6.07, 6.45) is 8.33. The molecule has 1 atom stereocenters. The lowest BCUT2D eigenvalue weighted by Gasteiger charge is -2.43. The van der Waals surface area contributed by atoms with Crippen molar-refractivity contribution in [3.8, 4) is 0 Å². The number of anilines is 1. The van der Waals surface area contributed by atoms with Crippen LogP contribution in [0, 0.1) is 5.92 Å². The number of hydrogen-bond acceptors (Lipinski definition) is 3. The van der Waals surface area contributed by atoms with E-state index in [1.807, 2.05) is 35.2 Å². The fourth-order valence-corrected chi connectivity index (χ4v) is 5.16. The predicted octanol–water partition coefficient (Wildman–Crippen LogP) is 3.41. The molecule has 0 unspecified atom stereocenters. The third-order valence-electron chi connectivity index (χ3n) is 6.79. The van der Waals surface area contributed by atoms with Crippen molar-refractivity contribution in [3.63, 3.8) is 0 Å². The number of nitrogens with zero attached hydrogens (tertiary/aromatic N) is 3. The van der Waals surface area contributed by atoms with E-state index in [1.165, 1.54) is 32.1 Å². The van der Waals surface area contributed by atoms with Gasteiger partial charge in [0.25, 0.3) is 0 Å². The Labute approximate surface area is 174 Å². The van der Waals surface area contributed by atoms with E-state index in [0.29, 0.717) is 24.9 Å². The average molecular weight is 399 g/mol. The highest BCUT2D eigenvalue weighted by molar-refractivity contribution is 5.89. The quantitative estimate of drug-likeness (QED) is 0.846. The van der Waals surface area contributed by atoms with Gasteiger partial charge in [0.05, 0.1) is 6.04 Å². The van der Waals surface area contributed by atoms with Crippen molar-refractivity contribution in [1.82, 2.24) is 14.7 Å². The molecule has 0 radical (unpaired) electrons. The summed E-state index contributed by atoms with van der Waals surface area (Å²) >= 11 is 0.